The van der Waals surface area contributed by atoms with Gasteiger partial charge in [-0.05, 0) is 5.56 Å². The predicted octanol–water partition coefficient (Wildman–Crippen LogP) is 2.13. The van der Waals surface area contributed by atoms with Crippen LogP contribution >= 0.6 is 23.2 Å². The number of rotatable bonds is 7. The molecule has 0 bridgehead atoms. The van der Waals surface area contributed by atoms with E-state index in [-0.39, 0.29) is 6.61 Å². The average Bonchev–Trinajstić information content (AvgIpc) is 3.08. The van der Waals surface area contributed by atoms with Crippen molar-refractivity contribution in [3.8, 4) is 11.3 Å². The lowest BCUT2D eigenvalue weighted by molar-refractivity contribution is -0.121. The number of nitrogens with one attached hydrogen (secondary N) is 1. The van der Waals surface area contributed by atoms with Crippen LogP contribution in [0.25, 0.3) is 11.3 Å². The Morgan fingerprint density at radius 1 is 1.33 bits per heavy atom. The molecule has 130 valence electrons. The fourth-order valence-electron chi connectivity index (χ4n) is 2.05. The maximum atomic E-state index is 13.1. The van der Waals surface area contributed by atoms with Crippen molar-refractivity contribution >= 4 is 29.1 Å². The Hall–Kier alpha value is -1.67. The van der Waals surface area contributed by atoms with Crippen LogP contribution in [0, 0.1) is 0 Å². The highest BCUT2D eigenvalue weighted by atomic mass is 35.5. The van der Waals surface area contributed by atoms with Gasteiger partial charge < -0.3 is 20.1 Å². The molecule has 0 aliphatic carbocycles. The van der Waals surface area contributed by atoms with Gasteiger partial charge in [-0.3, -0.25) is 4.79 Å². The second kappa shape index (κ2) is 8.43. The Balaban J connectivity index is 2.12. The van der Waals surface area contributed by atoms with E-state index in [9.17, 15) is 14.3 Å². The first kappa shape index (κ1) is 18.7. The third-order valence-electron chi connectivity index (χ3n) is 3.33. The lowest BCUT2D eigenvalue weighted by atomic mass is 10.0. The highest BCUT2D eigenvalue weighted by Gasteiger charge is 2.25. The van der Waals surface area contributed by atoms with E-state index in [1.165, 1.54) is 0 Å². The van der Waals surface area contributed by atoms with Crippen LogP contribution in [0.15, 0.2) is 34.9 Å². The molecule has 0 spiro atoms. The topological polar surface area (TPSA) is 95.6 Å². The molecular formula is C15H15Cl2FN2O4. The molecular weight excluding hydrogens is 362 g/mol. The van der Waals surface area contributed by atoms with E-state index >= 15 is 0 Å². The smallest absolute Gasteiger partial charge is 0.253 e. The van der Waals surface area contributed by atoms with Gasteiger partial charge in [0.15, 0.2) is 10.6 Å². The molecule has 2 rings (SSSR count). The van der Waals surface area contributed by atoms with E-state index in [2.05, 4.69) is 10.5 Å². The fourth-order valence-corrected chi connectivity index (χ4v) is 2.17. The minimum absolute atomic E-state index is 0.236. The van der Waals surface area contributed by atoms with E-state index < -0.39 is 29.6 Å². The first-order chi connectivity index (χ1) is 11.5. The Labute approximate surface area is 147 Å². The summed E-state index contributed by atoms with van der Waals surface area (Å²) < 4.78 is 18.2. The normalized spacial score (nSPS) is 13.8. The zero-order valence-corrected chi connectivity index (χ0v) is 13.8. The van der Waals surface area contributed by atoms with Gasteiger partial charge in [-0.15, -0.1) is 0 Å². The Morgan fingerprint density at radius 2 is 2.00 bits per heavy atom. The van der Waals surface area contributed by atoms with Crippen molar-refractivity contribution in [3.05, 3.63) is 41.6 Å². The molecule has 0 radical (unpaired) electrons. The van der Waals surface area contributed by atoms with E-state index in [4.69, 9.17) is 32.8 Å². The summed E-state index contributed by atoms with van der Waals surface area (Å²) in [5.74, 6) is -0.336. The SMILES string of the molecule is O=C(NC(CF)C(O)c1ccc(-c2cc(CO)no2)cc1)C(Cl)Cl. The summed E-state index contributed by atoms with van der Waals surface area (Å²) in [5.41, 5.74) is 1.45. The van der Waals surface area contributed by atoms with Gasteiger partial charge in [0.25, 0.3) is 5.91 Å². The molecule has 9 heteroatoms. The standard InChI is InChI=1S/C15H15Cl2FN2O4/c16-14(17)15(23)19-11(6-18)13(22)9-3-1-8(2-4-9)12-5-10(7-21)20-24-12/h1-5,11,13-14,21-22H,6-7H2,(H,19,23). The van der Waals surface area contributed by atoms with E-state index in [1.807, 2.05) is 0 Å². The van der Waals surface area contributed by atoms with E-state index in [0.717, 1.165) is 0 Å². The van der Waals surface area contributed by atoms with Crippen LogP contribution in [-0.4, -0.2) is 38.8 Å². The maximum Gasteiger partial charge on any atom is 0.253 e. The summed E-state index contributed by atoms with van der Waals surface area (Å²) in [6, 6.07) is 6.82. The van der Waals surface area contributed by atoms with Gasteiger partial charge in [0.2, 0.25) is 0 Å². The number of aliphatic hydroxyl groups excluding tert-OH is 2. The molecule has 0 saturated carbocycles. The number of amides is 1. The van der Waals surface area contributed by atoms with Crippen LogP contribution < -0.4 is 5.32 Å². The van der Waals surface area contributed by atoms with Gasteiger partial charge in [0.05, 0.1) is 12.6 Å². The number of hydrogen-bond acceptors (Lipinski definition) is 5. The molecule has 2 aromatic rings. The van der Waals surface area contributed by atoms with Crippen LogP contribution in [0.1, 0.15) is 17.4 Å². The van der Waals surface area contributed by atoms with Crippen molar-refractivity contribution < 1.29 is 23.9 Å². The number of benzene rings is 1. The molecule has 0 aliphatic rings. The average molecular weight is 377 g/mol. The molecule has 0 fully saturated rings. The Morgan fingerprint density at radius 3 is 2.50 bits per heavy atom. The number of nitrogens with zero attached hydrogens (tertiary/aromatic N) is 1. The zero-order valence-electron chi connectivity index (χ0n) is 12.3. The lowest BCUT2D eigenvalue weighted by Gasteiger charge is -2.22. The Bertz CT molecular complexity index is 678. The molecule has 0 saturated heterocycles. The maximum absolute atomic E-state index is 13.1. The van der Waals surface area contributed by atoms with E-state index in [1.54, 1.807) is 30.3 Å². The van der Waals surface area contributed by atoms with Gasteiger partial charge in [-0.2, -0.15) is 0 Å². The van der Waals surface area contributed by atoms with Gasteiger partial charge in [0.1, 0.15) is 18.5 Å². The van der Waals surface area contributed by atoms with Crippen LogP contribution in [0.4, 0.5) is 4.39 Å². The highest BCUT2D eigenvalue weighted by Crippen LogP contribution is 2.24. The minimum Gasteiger partial charge on any atom is -0.390 e. The minimum atomic E-state index is -1.35. The number of carbonyl (C=O) groups excluding carboxylic acids is 1. The number of halogens is 3. The number of carbonyl (C=O) groups is 1. The molecule has 2 atom stereocenters. The number of aromatic nitrogens is 1. The molecule has 24 heavy (non-hydrogen) atoms. The summed E-state index contributed by atoms with van der Waals surface area (Å²) >= 11 is 10.8. The van der Waals surface area contributed by atoms with Crippen molar-refractivity contribution in [1.82, 2.24) is 10.5 Å². The number of hydrogen-bond donors (Lipinski definition) is 3. The first-order valence-electron chi connectivity index (χ1n) is 6.95. The summed E-state index contributed by atoms with van der Waals surface area (Å²) in [6.45, 7) is -1.22. The third-order valence-corrected chi connectivity index (χ3v) is 3.73. The first-order valence-corrected chi connectivity index (χ1v) is 7.83. The van der Waals surface area contributed by atoms with Crippen LogP contribution in [-0.2, 0) is 11.4 Å². The van der Waals surface area contributed by atoms with Crippen molar-refractivity contribution in [3.63, 3.8) is 0 Å². The van der Waals surface area contributed by atoms with Crippen molar-refractivity contribution in [1.29, 1.82) is 0 Å². The summed E-state index contributed by atoms with van der Waals surface area (Å²) in [7, 11) is 0. The van der Waals surface area contributed by atoms with Crippen molar-refractivity contribution in [2.75, 3.05) is 6.67 Å². The monoisotopic (exact) mass is 376 g/mol. The van der Waals surface area contributed by atoms with Gasteiger partial charge in [0, 0.05) is 11.6 Å². The lowest BCUT2D eigenvalue weighted by Crippen LogP contribution is -2.43. The molecule has 0 aliphatic heterocycles. The molecule has 1 heterocycles. The summed E-state index contributed by atoms with van der Waals surface area (Å²) in [4.78, 5) is 10.1. The van der Waals surface area contributed by atoms with Crippen molar-refractivity contribution in [2.24, 2.45) is 0 Å². The fraction of sp³-hybridized carbons (Fsp3) is 0.333. The van der Waals surface area contributed by atoms with E-state index in [0.29, 0.717) is 22.6 Å². The summed E-state index contributed by atoms with van der Waals surface area (Å²) in [6.07, 6.45) is -1.28. The second-order valence-electron chi connectivity index (χ2n) is 4.98. The van der Waals surface area contributed by atoms with Crippen LogP contribution in [0.3, 0.4) is 0 Å². The predicted molar refractivity (Wildman–Crippen MR) is 86.2 cm³/mol. The third kappa shape index (κ3) is 4.45. The summed E-state index contributed by atoms with van der Waals surface area (Å²) in [5, 5.41) is 25.1. The number of alkyl halides is 3. The highest BCUT2D eigenvalue weighted by molar-refractivity contribution is 6.53. The van der Waals surface area contributed by atoms with Crippen LogP contribution in [0.2, 0.25) is 0 Å². The number of aliphatic hydroxyl groups is 2. The second-order valence-corrected chi connectivity index (χ2v) is 6.07. The van der Waals surface area contributed by atoms with Crippen LogP contribution in [0.5, 0.6) is 0 Å². The molecule has 3 N–H and O–H groups in total. The van der Waals surface area contributed by atoms with Gasteiger partial charge in [-0.1, -0.05) is 52.6 Å². The molecule has 1 amide bonds. The van der Waals surface area contributed by atoms with Crippen molar-refractivity contribution in [2.45, 2.75) is 23.6 Å². The zero-order chi connectivity index (χ0) is 17.7. The quantitative estimate of drug-likeness (QED) is 0.643. The molecule has 1 aromatic carbocycles. The Kier molecular flexibility index (Phi) is 6.56. The molecule has 6 nitrogen and oxygen atoms in total. The van der Waals surface area contributed by atoms with Gasteiger partial charge >= 0.3 is 0 Å². The largest absolute Gasteiger partial charge is 0.390 e. The molecule has 2 unspecified atom stereocenters. The van der Waals surface area contributed by atoms with Gasteiger partial charge in [-0.25, -0.2) is 4.39 Å². The molecule has 1 aromatic heterocycles.